The van der Waals surface area contributed by atoms with Gasteiger partial charge in [-0.1, -0.05) is 0 Å². The van der Waals surface area contributed by atoms with Gasteiger partial charge in [0.05, 0.1) is 18.7 Å². The summed E-state index contributed by atoms with van der Waals surface area (Å²) in [5.74, 6) is -0.690. The number of nitrogens with zero attached hydrogens (tertiary/aromatic N) is 1. The quantitative estimate of drug-likeness (QED) is 0.823. The lowest BCUT2D eigenvalue weighted by molar-refractivity contribution is -0.142. The largest absolute Gasteiger partial charge is 0.466 e. The Morgan fingerprint density at radius 3 is 2.78 bits per heavy atom. The molecule has 0 fully saturated rings. The molecule has 0 saturated heterocycles. The number of carbonyl (C=O) groups excluding carboxylic acids is 1. The first-order valence-corrected chi connectivity index (χ1v) is 5.09. The second-order valence-electron chi connectivity index (χ2n) is 3.34. The number of hydrogen-bond donors (Lipinski definition) is 1. The number of rotatable bonds is 4. The first-order chi connectivity index (χ1) is 8.49. The first-order valence-electron chi connectivity index (χ1n) is 5.09. The number of hydrogen-bond acceptors (Lipinski definition) is 4. The first kappa shape index (κ1) is 13.8. The van der Waals surface area contributed by atoms with E-state index in [2.05, 4.69) is 9.72 Å². The number of halogens is 2. The molecule has 0 bridgehead atoms. The number of carbonyl (C=O) groups is 1. The molecule has 0 aromatic carbocycles. The third kappa shape index (κ3) is 3.13. The SMILES string of the molecule is CCOC(=O)Cc1c(C#N)[nH]c(C(F)F)cc1=O. The van der Waals surface area contributed by atoms with Crippen LogP contribution in [0.4, 0.5) is 8.78 Å². The highest BCUT2D eigenvalue weighted by atomic mass is 19.3. The summed E-state index contributed by atoms with van der Waals surface area (Å²) in [5.41, 5.74) is -1.94. The second kappa shape index (κ2) is 5.91. The van der Waals surface area contributed by atoms with Crippen LogP contribution in [0.2, 0.25) is 0 Å². The van der Waals surface area contributed by atoms with Gasteiger partial charge in [-0.2, -0.15) is 5.26 Å². The molecule has 18 heavy (non-hydrogen) atoms. The zero-order chi connectivity index (χ0) is 13.7. The molecule has 7 heteroatoms. The van der Waals surface area contributed by atoms with Gasteiger partial charge in [-0.05, 0) is 6.92 Å². The summed E-state index contributed by atoms with van der Waals surface area (Å²) in [4.78, 5) is 24.9. The monoisotopic (exact) mass is 256 g/mol. The Kier molecular flexibility index (Phi) is 4.54. The number of H-pyrrole nitrogens is 1. The third-order valence-corrected chi connectivity index (χ3v) is 2.13. The van der Waals surface area contributed by atoms with Gasteiger partial charge in [-0.3, -0.25) is 9.59 Å². The number of alkyl halides is 2. The van der Waals surface area contributed by atoms with Crippen molar-refractivity contribution in [2.75, 3.05) is 6.61 Å². The fraction of sp³-hybridized carbons (Fsp3) is 0.364. The zero-order valence-electron chi connectivity index (χ0n) is 9.50. The molecular weight excluding hydrogens is 246 g/mol. The Hall–Kier alpha value is -2.23. The van der Waals surface area contributed by atoms with Gasteiger partial charge in [0, 0.05) is 11.6 Å². The topological polar surface area (TPSA) is 82.9 Å². The number of nitriles is 1. The Labute approximate surface area is 101 Å². The van der Waals surface area contributed by atoms with Crippen molar-refractivity contribution >= 4 is 5.97 Å². The van der Waals surface area contributed by atoms with Crippen LogP contribution in [0.1, 0.15) is 30.3 Å². The van der Waals surface area contributed by atoms with Gasteiger partial charge >= 0.3 is 5.97 Å². The molecule has 0 saturated carbocycles. The molecule has 1 aromatic heterocycles. The van der Waals surface area contributed by atoms with E-state index >= 15 is 0 Å². The molecule has 96 valence electrons. The Morgan fingerprint density at radius 1 is 1.61 bits per heavy atom. The van der Waals surface area contributed by atoms with Crippen molar-refractivity contribution < 1.29 is 18.3 Å². The predicted molar refractivity (Wildman–Crippen MR) is 57.1 cm³/mol. The lowest BCUT2D eigenvalue weighted by Gasteiger charge is -2.06. The minimum atomic E-state index is -2.89. The predicted octanol–water partition coefficient (Wildman–Crippen LogP) is 1.29. The summed E-state index contributed by atoms with van der Waals surface area (Å²) in [5, 5.41) is 8.77. The van der Waals surface area contributed by atoms with Crippen LogP contribution in [0.3, 0.4) is 0 Å². The molecule has 0 atom stereocenters. The normalized spacial score (nSPS) is 10.2. The maximum absolute atomic E-state index is 12.4. The van der Waals surface area contributed by atoms with Crippen molar-refractivity contribution in [1.29, 1.82) is 5.26 Å². The van der Waals surface area contributed by atoms with E-state index in [1.54, 1.807) is 13.0 Å². The summed E-state index contributed by atoms with van der Waals surface area (Å²) in [6.45, 7) is 1.72. The number of nitrogens with one attached hydrogen (secondary N) is 1. The molecule has 5 nitrogen and oxygen atoms in total. The highest BCUT2D eigenvalue weighted by molar-refractivity contribution is 5.73. The third-order valence-electron chi connectivity index (χ3n) is 2.13. The van der Waals surface area contributed by atoms with Gasteiger partial charge in [0.25, 0.3) is 6.43 Å². The Balaban J connectivity index is 3.17. The minimum absolute atomic E-state index is 0.133. The van der Waals surface area contributed by atoms with Crippen LogP contribution in [0.25, 0.3) is 0 Å². The van der Waals surface area contributed by atoms with Crippen LogP contribution in [0, 0.1) is 11.3 Å². The molecule has 0 radical (unpaired) electrons. The van der Waals surface area contributed by atoms with Crippen molar-refractivity contribution in [3.05, 3.63) is 33.2 Å². The molecule has 1 rings (SSSR count). The highest BCUT2D eigenvalue weighted by Crippen LogP contribution is 2.16. The van der Waals surface area contributed by atoms with Crippen LogP contribution in [-0.2, 0) is 16.0 Å². The van der Waals surface area contributed by atoms with E-state index in [1.807, 2.05) is 0 Å². The van der Waals surface area contributed by atoms with Gasteiger partial charge < -0.3 is 9.72 Å². The van der Waals surface area contributed by atoms with Gasteiger partial charge in [-0.15, -0.1) is 0 Å². The maximum Gasteiger partial charge on any atom is 0.310 e. The van der Waals surface area contributed by atoms with Crippen molar-refractivity contribution in [2.45, 2.75) is 19.8 Å². The highest BCUT2D eigenvalue weighted by Gasteiger charge is 2.17. The van der Waals surface area contributed by atoms with Crippen LogP contribution >= 0.6 is 0 Å². The molecule has 0 aliphatic carbocycles. The lowest BCUT2D eigenvalue weighted by atomic mass is 10.1. The number of esters is 1. The number of ether oxygens (including phenoxy) is 1. The Morgan fingerprint density at radius 2 is 2.28 bits per heavy atom. The van der Waals surface area contributed by atoms with Crippen LogP contribution in [-0.4, -0.2) is 17.6 Å². The smallest absolute Gasteiger partial charge is 0.310 e. The average Bonchev–Trinajstić information content (AvgIpc) is 2.31. The minimum Gasteiger partial charge on any atom is -0.466 e. The van der Waals surface area contributed by atoms with Crippen molar-refractivity contribution in [3.8, 4) is 6.07 Å². The summed E-state index contributed by atoms with van der Waals surface area (Å²) in [6.07, 6.45) is -3.31. The van der Waals surface area contributed by atoms with E-state index in [4.69, 9.17) is 5.26 Å². The number of aromatic amines is 1. The summed E-state index contributed by atoms with van der Waals surface area (Å²) in [6, 6.07) is 2.26. The maximum atomic E-state index is 12.4. The molecule has 0 spiro atoms. The van der Waals surface area contributed by atoms with Gasteiger partial charge in [0.1, 0.15) is 11.8 Å². The van der Waals surface area contributed by atoms with E-state index in [1.165, 1.54) is 0 Å². The second-order valence-corrected chi connectivity index (χ2v) is 3.34. The number of pyridine rings is 1. The van der Waals surface area contributed by atoms with Gasteiger partial charge in [-0.25, -0.2) is 8.78 Å². The molecule has 0 aliphatic rings. The zero-order valence-corrected chi connectivity index (χ0v) is 9.50. The van der Waals surface area contributed by atoms with E-state index in [0.29, 0.717) is 6.07 Å². The van der Waals surface area contributed by atoms with Gasteiger partial charge in [0.15, 0.2) is 5.43 Å². The van der Waals surface area contributed by atoms with Crippen LogP contribution in [0.15, 0.2) is 10.9 Å². The molecule has 1 aromatic rings. The standard InChI is InChI=1S/C11H10F2N2O3/c1-2-18-10(17)3-6-8(5-14)15-7(11(12)13)4-9(6)16/h4,11H,2-3H2,1H3,(H,15,16). The molecule has 0 unspecified atom stereocenters. The van der Waals surface area contributed by atoms with Gasteiger partial charge in [0.2, 0.25) is 0 Å². The molecule has 0 aliphatic heterocycles. The van der Waals surface area contributed by atoms with E-state index in [-0.39, 0.29) is 17.9 Å². The fourth-order valence-corrected chi connectivity index (χ4v) is 1.35. The average molecular weight is 256 g/mol. The summed E-state index contributed by atoms with van der Waals surface area (Å²) in [7, 11) is 0. The lowest BCUT2D eigenvalue weighted by Crippen LogP contribution is -2.19. The van der Waals surface area contributed by atoms with E-state index in [0.717, 1.165) is 0 Å². The van der Waals surface area contributed by atoms with Crippen LogP contribution in [0.5, 0.6) is 0 Å². The van der Waals surface area contributed by atoms with Crippen LogP contribution < -0.4 is 5.43 Å². The van der Waals surface area contributed by atoms with Crippen molar-refractivity contribution in [3.63, 3.8) is 0 Å². The molecule has 1 heterocycles. The molecule has 1 N–H and O–H groups in total. The van der Waals surface area contributed by atoms with Crippen molar-refractivity contribution in [2.24, 2.45) is 0 Å². The van der Waals surface area contributed by atoms with E-state index < -0.39 is 29.9 Å². The van der Waals surface area contributed by atoms with E-state index in [9.17, 15) is 18.4 Å². The Bertz CT molecular complexity index is 546. The molecular formula is C11H10F2N2O3. The molecule has 0 amide bonds. The summed E-state index contributed by atoms with van der Waals surface area (Å²) < 4.78 is 29.4. The van der Waals surface area contributed by atoms with Crippen molar-refractivity contribution in [1.82, 2.24) is 4.98 Å². The fourth-order valence-electron chi connectivity index (χ4n) is 1.35. The summed E-state index contributed by atoms with van der Waals surface area (Å²) >= 11 is 0. The number of aromatic nitrogens is 1.